The van der Waals surface area contributed by atoms with E-state index in [1.807, 2.05) is 13.8 Å². The van der Waals surface area contributed by atoms with Crippen molar-refractivity contribution in [1.29, 1.82) is 0 Å². The molecule has 7 heteroatoms. The molecule has 0 radical (unpaired) electrons. The van der Waals surface area contributed by atoms with Crippen molar-refractivity contribution in [2.75, 3.05) is 25.0 Å². The third-order valence-corrected chi connectivity index (χ3v) is 5.98. The Balaban J connectivity index is 1.91. The number of nitrogens with zero attached hydrogens (tertiary/aromatic N) is 1. The third-order valence-electron chi connectivity index (χ3n) is 4.83. The topological polar surface area (TPSA) is 61.4 Å². The standard InChI is InChI=1S/C22H30FN3O2S/c1-5-26(6-2)12-8-9-16(4)24-22(28)20-15(3)13-19(29-20)25-21(27)17-10-7-11-18(23)14-17/h7,10-11,13-14,16H,5-6,8-9,12H2,1-4H3,(H,24,28)(H,25,27). The molecule has 1 aromatic heterocycles. The highest BCUT2D eigenvalue weighted by Gasteiger charge is 2.17. The summed E-state index contributed by atoms with van der Waals surface area (Å²) in [5.74, 6) is -0.994. The average Bonchev–Trinajstić information content (AvgIpc) is 3.05. The molecule has 2 amide bonds. The van der Waals surface area contributed by atoms with Gasteiger partial charge in [-0.2, -0.15) is 0 Å². The molecule has 0 saturated heterocycles. The summed E-state index contributed by atoms with van der Waals surface area (Å²) in [7, 11) is 0. The smallest absolute Gasteiger partial charge is 0.261 e. The fourth-order valence-corrected chi connectivity index (χ4v) is 4.08. The van der Waals surface area contributed by atoms with Crippen LogP contribution in [-0.4, -0.2) is 42.4 Å². The van der Waals surface area contributed by atoms with Crippen molar-refractivity contribution in [1.82, 2.24) is 10.2 Å². The number of rotatable bonds is 10. The molecule has 0 bridgehead atoms. The summed E-state index contributed by atoms with van der Waals surface area (Å²) in [5.41, 5.74) is 1.04. The Labute approximate surface area is 176 Å². The molecule has 0 fully saturated rings. The van der Waals surface area contributed by atoms with Crippen molar-refractivity contribution in [3.05, 3.63) is 52.2 Å². The van der Waals surface area contributed by atoms with Crippen molar-refractivity contribution in [3.63, 3.8) is 0 Å². The third kappa shape index (κ3) is 6.94. The first-order chi connectivity index (χ1) is 13.8. The number of anilines is 1. The van der Waals surface area contributed by atoms with Crippen LogP contribution >= 0.6 is 11.3 Å². The Hall–Kier alpha value is -2.25. The van der Waals surface area contributed by atoms with Crippen LogP contribution in [0.5, 0.6) is 0 Å². The number of aryl methyl sites for hydroxylation is 1. The molecule has 1 unspecified atom stereocenters. The second-order valence-corrected chi connectivity index (χ2v) is 8.18. The van der Waals surface area contributed by atoms with Gasteiger partial charge in [-0.05, 0) is 76.2 Å². The second kappa shape index (κ2) is 11.1. The Morgan fingerprint density at radius 1 is 1.17 bits per heavy atom. The van der Waals surface area contributed by atoms with Crippen molar-refractivity contribution >= 4 is 28.2 Å². The van der Waals surface area contributed by atoms with E-state index in [9.17, 15) is 14.0 Å². The maximum Gasteiger partial charge on any atom is 0.261 e. The maximum absolute atomic E-state index is 13.3. The molecule has 1 atom stereocenters. The van der Waals surface area contributed by atoms with Crippen LogP contribution in [0, 0.1) is 12.7 Å². The van der Waals surface area contributed by atoms with Crippen LogP contribution in [0.1, 0.15) is 59.2 Å². The summed E-state index contributed by atoms with van der Waals surface area (Å²) in [6, 6.07) is 7.35. The molecule has 1 aromatic carbocycles. The van der Waals surface area contributed by atoms with Gasteiger partial charge in [0, 0.05) is 11.6 Å². The van der Waals surface area contributed by atoms with Crippen molar-refractivity contribution in [2.24, 2.45) is 0 Å². The average molecular weight is 420 g/mol. The lowest BCUT2D eigenvalue weighted by molar-refractivity contribution is 0.0940. The highest BCUT2D eigenvalue weighted by Crippen LogP contribution is 2.27. The summed E-state index contributed by atoms with van der Waals surface area (Å²) >= 11 is 1.23. The van der Waals surface area contributed by atoms with Crippen LogP contribution < -0.4 is 10.6 Å². The molecule has 2 rings (SSSR count). The molecule has 2 aromatic rings. The van der Waals surface area contributed by atoms with E-state index < -0.39 is 11.7 Å². The molecule has 158 valence electrons. The zero-order valence-corrected chi connectivity index (χ0v) is 18.4. The molecule has 2 N–H and O–H groups in total. The first-order valence-corrected chi connectivity index (χ1v) is 10.9. The Bertz CT molecular complexity index is 833. The highest BCUT2D eigenvalue weighted by atomic mass is 32.1. The fraction of sp³-hybridized carbons (Fsp3) is 0.455. The second-order valence-electron chi connectivity index (χ2n) is 7.13. The molecule has 1 heterocycles. The van der Waals surface area contributed by atoms with E-state index in [1.54, 1.807) is 12.1 Å². The monoisotopic (exact) mass is 419 g/mol. The van der Waals surface area contributed by atoms with Gasteiger partial charge >= 0.3 is 0 Å². The number of hydrogen-bond donors (Lipinski definition) is 2. The van der Waals surface area contributed by atoms with Crippen LogP contribution in [0.3, 0.4) is 0 Å². The van der Waals surface area contributed by atoms with Gasteiger partial charge in [0.25, 0.3) is 11.8 Å². The molecule has 0 aliphatic rings. The molecule has 29 heavy (non-hydrogen) atoms. The molecule has 0 aliphatic heterocycles. The van der Waals surface area contributed by atoms with E-state index in [2.05, 4.69) is 29.4 Å². The summed E-state index contributed by atoms with van der Waals surface area (Å²) in [5, 5.41) is 6.35. The Kier molecular flexibility index (Phi) is 8.79. The van der Waals surface area contributed by atoms with Gasteiger partial charge in [-0.15, -0.1) is 11.3 Å². The summed E-state index contributed by atoms with van der Waals surface area (Å²) in [4.78, 5) is 27.9. The van der Waals surface area contributed by atoms with E-state index in [-0.39, 0.29) is 17.5 Å². The van der Waals surface area contributed by atoms with Gasteiger partial charge in [0.1, 0.15) is 5.82 Å². The van der Waals surface area contributed by atoms with Crippen LogP contribution in [-0.2, 0) is 0 Å². The minimum Gasteiger partial charge on any atom is -0.349 e. The minimum absolute atomic E-state index is 0.0740. The molecule has 0 spiro atoms. The van der Waals surface area contributed by atoms with Gasteiger partial charge in [-0.3, -0.25) is 9.59 Å². The summed E-state index contributed by atoms with van der Waals surface area (Å²) < 4.78 is 13.3. The van der Waals surface area contributed by atoms with Gasteiger partial charge in [0.05, 0.1) is 9.88 Å². The predicted octanol–water partition coefficient (Wildman–Crippen LogP) is 4.69. The zero-order valence-electron chi connectivity index (χ0n) is 17.5. The molecule has 0 aliphatic carbocycles. The van der Waals surface area contributed by atoms with Crippen molar-refractivity contribution in [3.8, 4) is 0 Å². The fourth-order valence-electron chi connectivity index (χ4n) is 3.11. The lowest BCUT2D eigenvalue weighted by atomic mass is 10.1. The lowest BCUT2D eigenvalue weighted by Crippen LogP contribution is -2.33. The number of hydrogen-bond acceptors (Lipinski definition) is 4. The Morgan fingerprint density at radius 2 is 1.90 bits per heavy atom. The van der Waals surface area contributed by atoms with Gasteiger partial charge in [-0.1, -0.05) is 19.9 Å². The molecular weight excluding hydrogens is 389 g/mol. The number of thiophene rings is 1. The van der Waals surface area contributed by atoms with Crippen molar-refractivity contribution in [2.45, 2.75) is 46.6 Å². The molecule has 5 nitrogen and oxygen atoms in total. The normalized spacial score (nSPS) is 12.1. The van der Waals surface area contributed by atoms with E-state index >= 15 is 0 Å². The first-order valence-electron chi connectivity index (χ1n) is 10.0. The Morgan fingerprint density at radius 3 is 2.55 bits per heavy atom. The van der Waals surface area contributed by atoms with Crippen LogP contribution in [0.2, 0.25) is 0 Å². The van der Waals surface area contributed by atoms with E-state index in [0.717, 1.165) is 38.0 Å². The summed E-state index contributed by atoms with van der Waals surface area (Å²) in [6.07, 6.45) is 1.94. The number of carbonyl (C=O) groups is 2. The zero-order chi connectivity index (χ0) is 21.4. The van der Waals surface area contributed by atoms with Crippen LogP contribution in [0.4, 0.5) is 9.39 Å². The number of nitrogens with one attached hydrogen (secondary N) is 2. The van der Waals surface area contributed by atoms with Gasteiger partial charge in [-0.25, -0.2) is 4.39 Å². The van der Waals surface area contributed by atoms with Crippen LogP contribution in [0.25, 0.3) is 0 Å². The largest absolute Gasteiger partial charge is 0.349 e. The quantitative estimate of drug-likeness (QED) is 0.587. The van der Waals surface area contributed by atoms with Gasteiger partial charge < -0.3 is 15.5 Å². The highest BCUT2D eigenvalue weighted by molar-refractivity contribution is 7.18. The van der Waals surface area contributed by atoms with E-state index in [0.29, 0.717) is 9.88 Å². The number of halogens is 1. The maximum atomic E-state index is 13.3. The SMILES string of the molecule is CCN(CC)CCCC(C)NC(=O)c1sc(NC(=O)c2cccc(F)c2)cc1C. The van der Waals surface area contributed by atoms with Crippen molar-refractivity contribution < 1.29 is 14.0 Å². The van der Waals surface area contributed by atoms with E-state index in [1.165, 1.54) is 29.5 Å². The molecular formula is C22H30FN3O2S. The number of amides is 2. The number of carbonyl (C=O) groups excluding carboxylic acids is 2. The van der Waals surface area contributed by atoms with Gasteiger partial charge in [0.15, 0.2) is 0 Å². The predicted molar refractivity (Wildman–Crippen MR) is 117 cm³/mol. The number of benzene rings is 1. The first kappa shape index (κ1) is 23.0. The van der Waals surface area contributed by atoms with Crippen LogP contribution in [0.15, 0.2) is 30.3 Å². The minimum atomic E-state index is -0.463. The summed E-state index contributed by atoms with van der Waals surface area (Å²) in [6.45, 7) is 11.3. The lowest BCUT2D eigenvalue weighted by Gasteiger charge is -2.19. The van der Waals surface area contributed by atoms with Gasteiger partial charge in [0.2, 0.25) is 0 Å². The van der Waals surface area contributed by atoms with E-state index in [4.69, 9.17) is 0 Å². The molecule has 0 saturated carbocycles.